The van der Waals surface area contributed by atoms with E-state index >= 15 is 0 Å². The maximum Gasteiger partial charge on any atom is 0.133 e. The Hall–Kier alpha value is -0.870. The molecule has 0 aromatic carbocycles. The van der Waals surface area contributed by atoms with Crippen LogP contribution in [-0.2, 0) is 6.54 Å². The summed E-state index contributed by atoms with van der Waals surface area (Å²) in [7, 11) is 2.16. The van der Waals surface area contributed by atoms with Crippen LogP contribution in [0.2, 0.25) is 0 Å². The molecule has 2 N–H and O–H groups in total. The fourth-order valence-corrected chi connectivity index (χ4v) is 2.42. The van der Waals surface area contributed by atoms with Crippen molar-refractivity contribution in [3.8, 4) is 0 Å². The minimum atomic E-state index is 0.416. The molecular weight excluding hydrogens is 202 g/mol. The van der Waals surface area contributed by atoms with Crippen molar-refractivity contribution in [1.29, 1.82) is 0 Å². The summed E-state index contributed by atoms with van der Waals surface area (Å²) < 4.78 is 5.07. The largest absolute Gasteiger partial charge is 0.361 e. The van der Waals surface area contributed by atoms with Crippen LogP contribution in [0, 0.1) is 6.92 Å². The van der Waals surface area contributed by atoms with Gasteiger partial charge in [0.25, 0.3) is 0 Å². The van der Waals surface area contributed by atoms with Crippen LogP contribution in [0.25, 0.3) is 0 Å². The highest BCUT2D eigenvalue weighted by Crippen LogP contribution is 2.22. The fourth-order valence-electron chi connectivity index (χ4n) is 2.42. The van der Waals surface area contributed by atoms with Crippen molar-refractivity contribution in [1.82, 2.24) is 10.1 Å². The fraction of sp³-hybridized carbons (Fsp3) is 0.750. The third-order valence-electron chi connectivity index (χ3n) is 3.45. The predicted molar refractivity (Wildman–Crippen MR) is 62.9 cm³/mol. The van der Waals surface area contributed by atoms with Crippen LogP contribution in [0.5, 0.6) is 0 Å². The summed E-state index contributed by atoms with van der Waals surface area (Å²) in [6.45, 7) is 2.80. The molecule has 1 saturated carbocycles. The van der Waals surface area contributed by atoms with E-state index in [0.29, 0.717) is 12.1 Å². The Kier molecular flexibility index (Phi) is 3.61. The molecule has 0 unspecified atom stereocenters. The molecule has 1 aromatic heterocycles. The third kappa shape index (κ3) is 2.83. The molecule has 1 heterocycles. The summed E-state index contributed by atoms with van der Waals surface area (Å²) in [5.41, 5.74) is 6.93. The van der Waals surface area contributed by atoms with E-state index in [9.17, 15) is 0 Å². The highest BCUT2D eigenvalue weighted by Gasteiger charge is 2.22. The summed E-state index contributed by atoms with van der Waals surface area (Å²) in [6, 6.07) is 3.07. The first-order chi connectivity index (χ1) is 7.65. The molecule has 90 valence electrons. The second-order valence-corrected chi connectivity index (χ2v) is 4.91. The van der Waals surface area contributed by atoms with Gasteiger partial charge in [-0.15, -0.1) is 0 Å². The van der Waals surface area contributed by atoms with Gasteiger partial charge in [-0.3, -0.25) is 4.90 Å². The van der Waals surface area contributed by atoms with Crippen LogP contribution in [-0.4, -0.2) is 29.2 Å². The van der Waals surface area contributed by atoms with Crippen molar-refractivity contribution in [2.24, 2.45) is 5.73 Å². The number of nitrogens with zero attached hydrogens (tertiary/aromatic N) is 2. The number of hydrogen-bond donors (Lipinski definition) is 1. The SMILES string of the molecule is Cc1cc(CN(C)C2CCC(N)CC2)no1. The summed E-state index contributed by atoms with van der Waals surface area (Å²) in [6.07, 6.45) is 4.70. The average Bonchev–Trinajstić information content (AvgIpc) is 2.65. The van der Waals surface area contributed by atoms with Crippen molar-refractivity contribution < 1.29 is 4.52 Å². The Bertz CT molecular complexity index is 329. The summed E-state index contributed by atoms with van der Waals surface area (Å²) >= 11 is 0. The molecule has 4 nitrogen and oxygen atoms in total. The molecule has 0 atom stereocenters. The van der Waals surface area contributed by atoms with Crippen molar-refractivity contribution in [2.75, 3.05) is 7.05 Å². The van der Waals surface area contributed by atoms with Gasteiger partial charge in [-0.2, -0.15) is 0 Å². The number of aryl methyl sites for hydroxylation is 1. The molecule has 1 aliphatic rings. The highest BCUT2D eigenvalue weighted by atomic mass is 16.5. The number of rotatable bonds is 3. The van der Waals surface area contributed by atoms with Crippen molar-refractivity contribution in [3.63, 3.8) is 0 Å². The Balaban J connectivity index is 1.85. The summed E-state index contributed by atoms with van der Waals surface area (Å²) in [4.78, 5) is 2.36. The van der Waals surface area contributed by atoms with Gasteiger partial charge in [0.15, 0.2) is 0 Å². The molecule has 0 radical (unpaired) electrons. The van der Waals surface area contributed by atoms with E-state index in [1.54, 1.807) is 0 Å². The predicted octanol–water partition coefficient (Wildman–Crippen LogP) is 1.68. The second kappa shape index (κ2) is 4.97. The lowest BCUT2D eigenvalue weighted by atomic mass is 9.91. The Morgan fingerprint density at radius 2 is 2.12 bits per heavy atom. The van der Waals surface area contributed by atoms with Gasteiger partial charge in [-0.1, -0.05) is 5.16 Å². The Morgan fingerprint density at radius 3 is 2.69 bits per heavy atom. The minimum Gasteiger partial charge on any atom is -0.361 e. The van der Waals surface area contributed by atoms with E-state index in [1.165, 1.54) is 12.8 Å². The lowest BCUT2D eigenvalue weighted by Crippen LogP contribution is -2.38. The maximum absolute atomic E-state index is 5.91. The number of aromatic nitrogens is 1. The first kappa shape index (κ1) is 11.6. The monoisotopic (exact) mass is 223 g/mol. The van der Waals surface area contributed by atoms with E-state index in [-0.39, 0.29) is 0 Å². The van der Waals surface area contributed by atoms with Gasteiger partial charge in [-0.25, -0.2) is 0 Å². The zero-order chi connectivity index (χ0) is 11.5. The van der Waals surface area contributed by atoms with Crippen LogP contribution < -0.4 is 5.73 Å². The lowest BCUT2D eigenvalue weighted by molar-refractivity contribution is 0.172. The maximum atomic E-state index is 5.91. The van der Waals surface area contributed by atoms with E-state index in [1.807, 2.05) is 13.0 Å². The lowest BCUT2D eigenvalue weighted by Gasteiger charge is -2.32. The van der Waals surface area contributed by atoms with Crippen LogP contribution >= 0.6 is 0 Å². The van der Waals surface area contributed by atoms with Crippen molar-refractivity contribution in [3.05, 3.63) is 17.5 Å². The number of nitrogens with two attached hydrogens (primary N) is 1. The van der Waals surface area contributed by atoms with Crippen LogP contribution in [0.15, 0.2) is 10.6 Å². The van der Waals surface area contributed by atoms with E-state index in [0.717, 1.165) is 30.8 Å². The summed E-state index contributed by atoms with van der Waals surface area (Å²) in [5, 5.41) is 4.02. The van der Waals surface area contributed by atoms with E-state index < -0.39 is 0 Å². The van der Waals surface area contributed by atoms with Gasteiger partial charge in [0, 0.05) is 24.7 Å². The normalized spacial score (nSPS) is 26.2. The first-order valence-corrected chi connectivity index (χ1v) is 6.03. The molecule has 16 heavy (non-hydrogen) atoms. The molecule has 4 heteroatoms. The van der Waals surface area contributed by atoms with Gasteiger partial charge in [0.1, 0.15) is 5.76 Å². The van der Waals surface area contributed by atoms with Gasteiger partial charge >= 0.3 is 0 Å². The van der Waals surface area contributed by atoms with Crippen LogP contribution in [0.1, 0.15) is 37.1 Å². The molecule has 0 aliphatic heterocycles. The molecule has 0 amide bonds. The minimum absolute atomic E-state index is 0.416. The third-order valence-corrected chi connectivity index (χ3v) is 3.45. The summed E-state index contributed by atoms with van der Waals surface area (Å²) in [5.74, 6) is 0.883. The van der Waals surface area contributed by atoms with Crippen LogP contribution in [0.3, 0.4) is 0 Å². The second-order valence-electron chi connectivity index (χ2n) is 4.91. The molecule has 1 fully saturated rings. The quantitative estimate of drug-likeness (QED) is 0.847. The van der Waals surface area contributed by atoms with Crippen molar-refractivity contribution in [2.45, 2.75) is 51.2 Å². The van der Waals surface area contributed by atoms with Gasteiger partial charge in [0.2, 0.25) is 0 Å². The molecule has 1 aliphatic carbocycles. The standard InChI is InChI=1S/C12H21N3O/c1-9-7-11(14-16-9)8-15(2)12-5-3-10(13)4-6-12/h7,10,12H,3-6,8,13H2,1-2H3. The molecule has 0 spiro atoms. The molecule has 2 rings (SSSR count). The zero-order valence-electron chi connectivity index (χ0n) is 10.1. The molecular formula is C12H21N3O. The average molecular weight is 223 g/mol. The van der Waals surface area contributed by atoms with E-state index in [4.69, 9.17) is 10.3 Å². The molecule has 0 bridgehead atoms. The van der Waals surface area contributed by atoms with E-state index in [2.05, 4.69) is 17.1 Å². The van der Waals surface area contributed by atoms with Gasteiger partial charge < -0.3 is 10.3 Å². The smallest absolute Gasteiger partial charge is 0.133 e. The van der Waals surface area contributed by atoms with Crippen molar-refractivity contribution >= 4 is 0 Å². The van der Waals surface area contributed by atoms with Crippen LogP contribution in [0.4, 0.5) is 0 Å². The first-order valence-electron chi connectivity index (χ1n) is 6.03. The van der Waals surface area contributed by atoms with Gasteiger partial charge in [0.05, 0.1) is 5.69 Å². The van der Waals surface area contributed by atoms with Gasteiger partial charge in [-0.05, 0) is 39.7 Å². The Morgan fingerprint density at radius 1 is 1.44 bits per heavy atom. The topological polar surface area (TPSA) is 55.3 Å². The number of hydrogen-bond acceptors (Lipinski definition) is 4. The molecule has 1 aromatic rings. The zero-order valence-corrected chi connectivity index (χ0v) is 10.1. The Labute approximate surface area is 96.8 Å². The highest BCUT2D eigenvalue weighted by molar-refractivity contribution is 5.03. The molecule has 0 saturated heterocycles.